The first-order valence-electron chi connectivity index (χ1n) is 11.3. The molecule has 31 heavy (non-hydrogen) atoms. The van der Waals surface area contributed by atoms with Gasteiger partial charge in [0.05, 0.1) is 0 Å². The van der Waals surface area contributed by atoms with Gasteiger partial charge in [-0.2, -0.15) is 0 Å². The minimum Gasteiger partial charge on any atom is -0.458 e. The van der Waals surface area contributed by atoms with Crippen molar-refractivity contribution in [3.63, 3.8) is 0 Å². The number of carbonyl (C=O) groups is 4. The molecule has 0 radical (unpaired) electrons. The highest BCUT2D eigenvalue weighted by Gasteiger charge is 2.67. The van der Waals surface area contributed by atoms with Gasteiger partial charge in [0.1, 0.15) is 0 Å². The third-order valence-corrected chi connectivity index (χ3v) is 8.63. The molecule has 0 saturated heterocycles. The predicted octanol–water partition coefficient (Wildman–Crippen LogP) is 3.87. The smallest absolute Gasteiger partial charge is 0.303 e. The van der Waals surface area contributed by atoms with Crippen LogP contribution >= 0.6 is 0 Å². The Balaban J connectivity index is 1.73. The Labute approximate surface area is 183 Å². The molecule has 2 fully saturated rings. The van der Waals surface area contributed by atoms with E-state index in [9.17, 15) is 19.2 Å². The Kier molecular flexibility index (Phi) is 5.26. The number of ether oxygens (including phenoxy) is 2. The summed E-state index contributed by atoms with van der Waals surface area (Å²) >= 11 is 0. The summed E-state index contributed by atoms with van der Waals surface area (Å²) in [7, 11) is 0. The normalized spacial score (nSPS) is 38.8. The zero-order valence-corrected chi connectivity index (χ0v) is 18.9. The first-order chi connectivity index (χ1) is 14.5. The molecule has 0 spiro atoms. The van der Waals surface area contributed by atoms with Gasteiger partial charge >= 0.3 is 11.9 Å². The molecule has 0 aromatic carbocycles. The second kappa shape index (κ2) is 7.42. The fourth-order valence-electron chi connectivity index (χ4n) is 7.06. The molecule has 4 aliphatic carbocycles. The van der Waals surface area contributed by atoms with Gasteiger partial charge in [-0.05, 0) is 56.4 Å². The monoisotopic (exact) mass is 428 g/mol. The maximum absolute atomic E-state index is 13.3. The molecule has 2 saturated carbocycles. The van der Waals surface area contributed by atoms with Gasteiger partial charge in [-0.15, -0.1) is 0 Å². The minimum absolute atomic E-state index is 0.0907. The molecule has 0 aromatic rings. The lowest BCUT2D eigenvalue weighted by atomic mass is 9.50. The number of ketones is 2. The summed E-state index contributed by atoms with van der Waals surface area (Å²) in [6.45, 7) is 6.54. The Bertz CT molecular complexity index is 913. The van der Waals surface area contributed by atoms with Crippen molar-refractivity contribution in [1.29, 1.82) is 0 Å². The molecule has 0 bridgehead atoms. The van der Waals surface area contributed by atoms with Crippen LogP contribution in [0.2, 0.25) is 0 Å². The molecule has 0 aromatic heterocycles. The van der Waals surface area contributed by atoms with Gasteiger partial charge < -0.3 is 9.47 Å². The van der Waals surface area contributed by atoms with Gasteiger partial charge in [-0.25, -0.2) is 0 Å². The van der Waals surface area contributed by atoms with Crippen molar-refractivity contribution in [2.45, 2.75) is 78.2 Å². The van der Waals surface area contributed by atoms with Crippen LogP contribution in [-0.2, 0) is 28.7 Å². The molecule has 0 heterocycles. The zero-order valence-electron chi connectivity index (χ0n) is 18.9. The van der Waals surface area contributed by atoms with Gasteiger partial charge in [-0.1, -0.05) is 31.1 Å². The molecule has 5 atom stereocenters. The molecule has 2 unspecified atom stereocenters. The van der Waals surface area contributed by atoms with Crippen LogP contribution in [0.1, 0.15) is 72.6 Å². The van der Waals surface area contributed by atoms with Crippen LogP contribution in [0.25, 0.3) is 0 Å². The highest BCUT2D eigenvalue weighted by Crippen LogP contribution is 2.66. The van der Waals surface area contributed by atoms with Crippen LogP contribution in [0.5, 0.6) is 0 Å². The molecule has 0 N–H and O–H groups in total. The van der Waals surface area contributed by atoms with Crippen LogP contribution in [0, 0.1) is 22.7 Å². The summed E-state index contributed by atoms with van der Waals surface area (Å²) < 4.78 is 10.8. The van der Waals surface area contributed by atoms with Gasteiger partial charge in [0, 0.05) is 31.1 Å². The van der Waals surface area contributed by atoms with E-state index in [1.165, 1.54) is 25.0 Å². The average molecular weight is 429 g/mol. The molecular formula is C25H32O6. The van der Waals surface area contributed by atoms with E-state index in [4.69, 9.17) is 9.47 Å². The van der Waals surface area contributed by atoms with E-state index in [1.54, 1.807) is 0 Å². The van der Waals surface area contributed by atoms with Crippen LogP contribution < -0.4 is 0 Å². The average Bonchev–Trinajstić information content (AvgIpc) is 2.99. The van der Waals surface area contributed by atoms with E-state index in [-0.39, 0.29) is 29.5 Å². The molecule has 0 aliphatic heterocycles. The Morgan fingerprint density at radius 3 is 2.48 bits per heavy atom. The molecule has 6 heteroatoms. The maximum atomic E-state index is 13.3. The SMILES string of the molecule is CC(=O)OCC(=O)[C@@]1(OC(C)=O)CCC2C3CCC4=CC(=O)CC[C@]4(C)C3=CC[C@@]21C. The Morgan fingerprint density at radius 1 is 1.06 bits per heavy atom. The highest BCUT2D eigenvalue weighted by atomic mass is 16.6. The van der Waals surface area contributed by atoms with E-state index >= 15 is 0 Å². The number of carbonyl (C=O) groups excluding carboxylic acids is 4. The maximum Gasteiger partial charge on any atom is 0.303 e. The van der Waals surface area contributed by atoms with Crippen molar-refractivity contribution in [3.8, 4) is 0 Å². The van der Waals surface area contributed by atoms with Crippen molar-refractivity contribution < 1.29 is 28.7 Å². The number of esters is 2. The van der Waals surface area contributed by atoms with Crippen LogP contribution in [0.3, 0.4) is 0 Å². The lowest BCUT2D eigenvalue weighted by molar-refractivity contribution is -0.184. The Morgan fingerprint density at radius 2 is 1.81 bits per heavy atom. The number of hydrogen-bond donors (Lipinski definition) is 0. The van der Waals surface area contributed by atoms with E-state index in [0.717, 1.165) is 25.7 Å². The third-order valence-electron chi connectivity index (χ3n) is 8.63. The van der Waals surface area contributed by atoms with Crippen LogP contribution in [-0.4, -0.2) is 35.7 Å². The lowest BCUT2D eigenvalue weighted by Gasteiger charge is -2.55. The van der Waals surface area contributed by atoms with Crippen molar-refractivity contribution in [2.24, 2.45) is 22.7 Å². The van der Waals surface area contributed by atoms with Gasteiger partial charge in [0.15, 0.2) is 18.0 Å². The summed E-state index contributed by atoms with van der Waals surface area (Å²) in [6.07, 6.45) is 9.21. The molecule has 168 valence electrons. The molecular weight excluding hydrogens is 396 g/mol. The first-order valence-corrected chi connectivity index (χ1v) is 11.3. The summed E-state index contributed by atoms with van der Waals surface area (Å²) in [4.78, 5) is 48.7. The lowest BCUT2D eigenvalue weighted by Crippen LogP contribution is -2.57. The number of hydrogen-bond acceptors (Lipinski definition) is 6. The molecule has 4 rings (SSSR count). The van der Waals surface area contributed by atoms with Crippen LogP contribution in [0.15, 0.2) is 23.3 Å². The van der Waals surface area contributed by atoms with Crippen LogP contribution in [0.4, 0.5) is 0 Å². The van der Waals surface area contributed by atoms with Gasteiger partial charge in [-0.3, -0.25) is 19.2 Å². The fourth-order valence-corrected chi connectivity index (χ4v) is 7.06. The number of rotatable bonds is 4. The first kappa shape index (κ1) is 22.0. The molecule has 0 amide bonds. The molecule has 6 nitrogen and oxygen atoms in total. The van der Waals surface area contributed by atoms with E-state index in [2.05, 4.69) is 19.9 Å². The summed E-state index contributed by atoms with van der Waals surface area (Å²) in [5.74, 6) is -0.622. The minimum atomic E-state index is -1.28. The van der Waals surface area contributed by atoms with Gasteiger partial charge in [0.2, 0.25) is 5.78 Å². The number of Topliss-reactive ketones (excluding diaryl/α,β-unsaturated/α-hetero) is 1. The summed E-state index contributed by atoms with van der Waals surface area (Å²) in [6, 6.07) is 0. The predicted molar refractivity (Wildman–Crippen MR) is 113 cm³/mol. The number of fused-ring (bicyclic) bond motifs is 5. The highest BCUT2D eigenvalue weighted by molar-refractivity contribution is 5.93. The van der Waals surface area contributed by atoms with Crippen molar-refractivity contribution in [3.05, 3.63) is 23.3 Å². The third kappa shape index (κ3) is 3.21. The topological polar surface area (TPSA) is 86.7 Å². The molecule has 4 aliphatic rings. The van der Waals surface area contributed by atoms with Crippen molar-refractivity contribution in [2.75, 3.05) is 6.61 Å². The second-order valence-electron chi connectivity index (χ2n) is 10.2. The largest absolute Gasteiger partial charge is 0.458 e. The Hall–Kier alpha value is -2.24. The second-order valence-corrected chi connectivity index (χ2v) is 10.2. The van der Waals surface area contributed by atoms with E-state index < -0.39 is 23.0 Å². The van der Waals surface area contributed by atoms with E-state index in [0.29, 0.717) is 25.2 Å². The van der Waals surface area contributed by atoms with E-state index in [1.807, 2.05) is 6.08 Å². The summed E-state index contributed by atoms with van der Waals surface area (Å²) in [5, 5.41) is 0. The van der Waals surface area contributed by atoms with Crippen molar-refractivity contribution in [1.82, 2.24) is 0 Å². The fraction of sp³-hybridized carbons (Fsp3) is 0.680. The zero-order chi connectivity index (χ0) is 22.6. The van der Waals surface area contributed by atoms with Crippen molar-refractivity contribution >= 4 is 23.5 Å². The summed E-state index contributed by atoms with van der Waals surface area (Å²) in [5.41, 5.74) is 0.718. The van der Waals surface area contributed by atoms with Gasteiger partial charge in [0.25, 0.3) is 0 Å². The number of allylic oxidation sites excluding steroid dienone is 4. The quantitative estimate of drug-likeness (QED) is 0.499. The standard InChI is InChI=1S/C25H32O6/c1-15(26)30-14-22(29)25(31-16(2)27)12-9-21-19-6-5-17-13-18(28)7-10-23(17,3)20(19)8-11-24(21,25)4/h8,13,19,21H,5-7,9-12,14H2,1-4H3/t19?,21?,23-,24-,25-/m0/s1.